The Bertz CT molecular complexity index is 1680. The van der Waals surface area contributed by atoms with E-state index in [0.29, 0.717) is 33.9 Å². The predicted octanol–water partition coefficient (Wildman–Crippen LogP) is 5.08. The Kier molecular flexibility index (Phi) is 7.45. The third kappa shape index (κ3) is 5.81. The molecule has 2 heterocycles. The van der Waals surface area contributed by atoms with E-state index in [9.17, 15) is 19.2 Å². The average Bonchev–Trinajstić information content (AvgIpc) is 3.37. The number of H-pyrrole nitrogens is 1. The number of carbonyl (C=O) groups is 3. The molecule has 1 aliphatic rings. The number of amides is 1. The Morgan fingerprint density at radius 3 is 1.85 bits per heavy atom. The van der Waals surface area contributed by atoms with Crippen LogP contribution in [0, 0.1) is 12.3 Å². The number of carbonyl (C=O) groups excluding carboxylic acids is 1. The molecule has 4 rings (SSSR count). The maximum Gasteiger partial charge on any atom is 0.335 e. The van der Waals surface area contributed by atoms with Gasteiger partial charge in [-0.15, -0.1) is 0 Å². The number of hydrazone groups is 1. The van der Waals surface area contributed by atoms with E-state index in [1.54, 1.807) is 31.2 Å². The van der Waals surface area contributed by atoms with Gasteiger partial charge in [0.2, 0.25) is 0 Å². The van der Waals surface area contributed by atoms with Crippen LogP contribution in [0.4, 0.5) is 5.69 Å². The lowest BCUT2D eigenvalue weighted by Crippen LogP contribution is -2.27. The van der Waals surface area contributed by atoms with Crippen LogP contribution < -0.4 is 10.6 Å². The predicted molar refractivity (Wildman–Crippen MR) is 156 cm³/mol. The van der Waals surface area contributed by atoms with Crippen molar-refractivity contribution in [3.63, 3.8) is 0 Å². The van der Waals surface area contributed by atoms with Crippen LogP contribution in [0.15, 0.2) is 82.2 Å². The SMILES string of the molecule is CC1=NN(c2ccc(C(=O)O)cc2)C(=O)C1=CC(C)(C)C=CC(C)(C)c1c(C)[nH]n(-c2ccc(C(=O)O)cc2)c1=O. The molecule has 0 saturated heterocycles. The van der Waals surface area contributed by atoms with Gasteiger partial charge in [0, 0.05) is 22.1 Å². The summed E-state index contributed by atoms with van der Waals surface area (Å²) in [5.74, 6) is -2.41. The number of aromatic nitrogens is 2. The van der Waals surface area contributed by atoms with Crippen molar-refractivity contribution < 1.29 is 24.6 Å². The number of carboxylic acid groups (broad SMARTS) is 2. The second kappa shape index (κ2) is 10.5. The second-order valence-electron chi connectivity index (χ2n) is 11.2. The van der Waals surface area contributed by atoms with Crippen molar-refractivity contribution in [2.75, 3.05) is 5.01 Å². The molecule has 3 N–H and O–H groups in total. The number of anilines is 1. The number of nitrogens with one attached hydrogen (secondary N) is 1. The maximum atomic E-state index is 13.4. The van der Waals surface area contributed by atoms with Gasteiger partial charge in [-0.2, -0.15) is 10.1 Å². The Hall–Kier alpha value is -4.99. The van der Waals surface area contributed by atoms with E-state index < -0.39 is 22.8 Å². The topological polar surface area (TPSA) is 145 Å². The molecule has 41 heavy (non-hydrogen) atoms. The van der Waals surface area contributed by atoms with Gasteiger partial charge in [0.15, 0.2) is 0 Å². The normalized spacial score (nSPS) is 15.2. The molecule has 3 aromatic rings. The van der Waals surface area contributed by atoms with Gasteiger partial charge in [-0.05, 0) is 62.4 Å². The minimum absolute atomic E-state index is 0.117. The third-order valence-electron chi connectivity index (χ3n) is 6.96. The van der Waals surface area contributed by atoms with Gasteiger partial charge in [-0.3, -0.25) is 14.7 Å². The van der Waals surface area contributed by atoms with Crippen LogP contribution in [0.3, 0.4) is 0 Å². The number of benzene rings is 2. The minimum Gasteiger partial charge on any atom is -0.478 e. The van der Waals surface area contributed by atoms with Crippen molar-refractivity contribution in [2.45, 2.75) is 47.0 Å². The minimum atomic E-state index is -1.05. The van der Waals surface area contributed by atoms with Gasteiger partial charge in [-0.1, -0.05) is 45.9 Å². The summed E-state index contributed by atoms with van der Waals surface area (Å²) in [5.41, 5.74) is 1.95. The van der Waals surface area contributed by atoms with Crippen LogP contribution in [0.1, 0.15) is 66.6 Å². The van der Waals surface area contributed by atoms with E-state index in [2.05, 4.69) is 10.2 Å². The van der Waals surface area contributed by atoms with Crippen LogP contribution in [-0.4, -0.2) is 43.6 Å². The second-order valence-corrected chi connectivity index (χ2v) is 11.2. The highest BCUT2D eigenvalue weighted by Crippen LogP contribution is 2.32. The molecular formula is C31H32N4O6. The Balaban J connectivity index is 1.59. The molecule has 0 spiro atoms. The zero-order chi connectivity index (χ0) is 30.3. The summed E-state index contributed by atoms with van der Waals surface area (Å²) in [6, 6.07) is 12.0. The molecule has 0 bridgehead atoms. The highest BCUT2D eigenvalue weighted by molar-refractivity contribution is 6.29. The fourth-order valence-electron chi connectivity index (χ4n) is 4.77. The summed E-state index contributed by atoms with van der Waals surface area (Å²) in [5, 5.41) is 27.0. The molecular weight excluding hydrogens is 524 g/mol. The highest BCUT2D eigenvalue weighted by Gasteiger charge is 2.32. The van der Waals surface area contributed by atoms with Crippen molar-refractivity contribution in [1.29, 1.82) is 0 Å². The largest absolute Gasteiger partial charge is 0.478 e. The fourth-order valence-corrected chi connectivity index (χ4v) is 4.77. The lowest BCUT2D eigenvalue weighted by Gasteiger charge is -2.23. The number of aryl methyl sites for hydroxylation is 1. The van der Waals surface area contributed by atoms with E-state index in [1.165, 1.54) is 34.0 Å². The smallest absolute Gasteiger partial charge is 0.335 e. The molecule has 2 aromatic carbocycles. The average molecular weight is 557 g/mol. The van der Waals surface area contributed by atoms with Crippen molar-refractivity contribution in [3.8, 4) is 5.69 Å². The number of aromatic carboxylic acids is 2. The van der Waals surface area contributed by atoms with Crippen LogP contribution in [-0.2, 0) is 10.2 Å². The van der Waals surface area contributed by atoms with Crippen molar-refractivity contribution in [3.05, 3.63) is 105 Å². The number of nitrogens with zero attached hydrogens (tertiary/aromatic N) is 3. The molecule has 0 radical (unpaired) electrons. The van der Waals surface area contributed by atoms with Crippen LogP contribution in [0.25, 0.3) is 5.69 Å². The summed E-state index contributed by atoms with van der Waals surface area (Å²) in [7, 11) is 0. The zero-order valence-electron chi connectivity index (χ0n) is 23.7. The number of rotatable bonds is 8. The molecule has 0 saturated carbocycles. The van der Waals surface area contributed by atoms with Crippen LogP contribution in [0.5, 0.6) is 0 Å². The van der Waals surface area contributed by atoms with Crippen LogP contribution in [0.2, 0.25) is 0 Å². The van der Waals surface area contributed by atoms with Crippen molar-refractivity contribution in [1.82, 2.24) is 9.78 Å². The number of carboxylic acids is 2. The Morgan fingerprint density at radius 2 is 1.34 bits per heavy atom. The van der Waals surface area contributed by atoms with Gasteiger partial charge >= 0.3 is 11.9 Å². The van der Waals surface area contributed by atoms with E-state index in [4.69, 9.17) is 10.2 Å². The molecule has 1 aliphatic heterocycles. The Morgan fingerprint density at radius 1 is 0.829 bits per heavy atom. The van der Waals surface area contributed by atoms with E-state index in [0.717, 1.165) is 0 Å². The first kappa shape index (κ1) is 29.0. The molecule has 0 aliphatic carbocycles. The van der Waals surface area contributed by atoms with E-state index in [-0.39, 0.29) is 22.6 Å². The summed E-state index contributed by atoms with van der Waals surface area (Å²) < 4.78 is 1.40. The number of allylic oxidation sites excluding steroid dienone is 3. The third-order valence-corrected chi connectivity index (χ3v) is 6.96. The molecule has 212 valence electrons. The molecule has 0 fully saturated rings. The molecule has 0 unspecified atom stereocenters. The fraction of sp³-hybridized carbons (Fsp3) is 0.258. The summed E-state index contributed by atoms with van der Waals surface area (Å²) in [6.07, 6.45) is 5.72. The number of hydrogen-bond donors (Lipinski definition) is 3. The van der Waals surface area contributed by atoms with E-state index >= 15 is 0 Å². The van der Waals surface area contributed by atoms with Gasteiger partial charge in [-0.25, -0.2) is 14.3 Å². The van der Waals surface area contributed by atoms with Gasteiger partial charge < -0.3 is 10.2 Å². The first-order valence-corrected chi connectivity index (χ1v) is 12.9. The van der Waals surface area contributed by atoms with Gasteiger partial charge in [0.05, 0.1) is 33.8 Å². The monoisotopic (exact) mass is 556 g/mol. The lowest BCUT2D eigenvalue weighted by molar-refractivity contribution is -0.114. The van der Waals surface area contributed by atoms with E-state index in [1.807, 2.05) is 52.8 Å². The highest BCUT2D eigenvalue weighted by atomic mass is 16.4. The number of aromatic amines is 1. The molecule has 10 nitrogen and oxygen atoms in total. The zero-order valence-corrected chi connectivity index (χ0v) is 23.7. The van der Waals surface area contributed by atoms with Crippen molar-refractivity contribution >= 4 is 29.2 Å². The first-order valence-electron chi connectivity index (χ1n) is 12.9. The first-order chi connectivity index (χ1) is 19.1. The summed E-state index contributed by atoms with van der Waals surface area (Å²) in [6.45, 7) is 11.3. The quantitative estimate of drug-likeness (QED) is 0.261. The Labute approximate surface area is 236 Å². The molecule has 1 aromatic heterocycles. The lowest BCUT2D eigenvalue weighted by atomic mass is 9.80. The molecule has 10 heteroatoms. The van der Waals surface area contributed by atoms with Crippen molar-refractivity contribution in [2.24, 2.45) is 10.5 Å². The summed E-state index contributed by atoms with van der Waals surface area (Å²) in [4.78, 5) is 49.0. The van der Waals surface area contributed by atoms with Gasteiger partial charge in [0.1, 0.15) is 0 Å². The van der Waals surface area contributed by atoms with Crippen LogP contribution >= 0.6 is 0 Å². The maximum absolute atomic E-state index is 13.4. The standard InChI is InChI=1S/C31H32N4O6/c1-18-24(26(36)34(32-18)22-11-7-20(8-12-22)28(38)39)17-30(3,4)15-16-31(5,6)25-19(2)33-35(27(25)37)23-13-9-21(10-14-23)29(40)41/h7-17,33H,1-6H3,(H,38,39)(H,40,41). The molecule has 1 amide bonds. The number of hydrogen-bond acceptors (Lipinski definition) is 5. The van der Waals surface area contributed by atoms with Gasteiger partial charge in [0.25, 0.3) is 11.5 Å². The molecule has 0 atom stereocenters. The summed E-state index contributed by atoms with van der Waals surface area (Å²) >= 11 is 0.